The van der Waals surface area contributed by atoms with E-state index in [0.29, 0.717) is 10.8 Å². The third kappa shape index (κ3) is 4.05. The van der Waals surface area contributed by atoms with Crippen molar-refractivity contribution in [3.8, 4) is 0 Å². The lowest BCUT2D eigenvalue weighted by Gasteiger charge is -2.25. The Labute approximate surface area is 188 Å². The van der Waals surface area contributed by atoms with Gasteiger partial charge in [0.05, 0.1) is 34.0 Å². The third-order valence-electron chi connectivity index (χ3n) is 5.29. The average molecular weight is 456 g/mol. The lowest BCUT2D eigenvalue weighted by atomic mass is 10.2. The molecule has 3 aromatic heterocycles. The predicted molar refractivity (Wildman–Crippen MR) is 128 cm³/mol. The van der Waals surface area contributed by atoms with Gasteiger partial charge >= 0.3 is 0 Å². The van der Waals surface area contributed by atoms with Crippen molar-refractivity contribution in [1.82, 2.24) is 14.8 Å². The number of rotatable bonds is 5. The summed E-state index contributed by atoms with van der Waals surface area (Å²) in [7, 11) is 0. The highest BCUT2D eigenvalue weighted by atomic mass is 32.1. The molecule has 0 unspecified atom stereocenters. The number of aryl methyl sites for hydroxylation is 1. The summed E-state index contributed by atoms with van der Waals surface area (Å²) < 4.78 is 8.52. The van der Waals surface area contributed by atoms with Crippen molar-refractivity contribution in [2.24, 2.45) is 5.92 Å². The SMILES string of the molecule is Cc1nn(CC(C)C)c2sc(C(=O)Nc3ccc4nc(N5CCOCC5)sc4c3)cc12. The number of carbonyl (C=O) groups is 1. The van der Waals surface area contributed by atoms with E-state index in [-0.39, 0.29) is 5.91 Å². The van der Waals surface area contributed by atoms with Gasteiger partial charge in [-0.15, -0.1) is 11.3 Å². The van der Waals surface area contributed by atoms with Crippen molar-refractivity contribution in [2.75, 3.05) is 36.5 Å². The molecule has 1 saturated heterocycles. The first-order chi connectivity index (χ1) is 15.0. The van der Waals surface area contributed by atoms with Crippen LogP contribution in [0.2, 0.25) is 0 Å². The van der Waals surface area contributed by atoms with Gasteiger partial charge in [-0.1, -0.05) is 25.2 Å². The van der Waals surface area contributed by atoms with Crippen LogP contribution in [0.25, 0.3) is 20.4 Å². The maximum absolute atomic E-state index is 13.0. The number of aromatic nitrogens is 3. The maximum Gasteiger partial charge on any atom is 0.265 e. The Balaban J connectivity index is 1.37. The third-order valence-corrected chi connectivity index (χ3v) is 7.51. The number of anilines is 2. The van der Waals surface area contributed by atoms with Gasteiger partial charge in [0, 0.05) is 30.7 Å². The summed E-state index contributed by atoms with van der Waals surface area (Å²) in [6, 6.07) is 7.85. The molecule has 5 rings (SSSR count). The van der Waals surface area contributed by atoms with Crippen molar-refractivity contribution in [3.05, 3.63) is 34.8 Å². The largest absolute Gasteiger partial charge is 0.378 e. The lowest BCUT2D eigenvalue weighted by molar-refractivity contribution is 0.103. The number of nitrogens with zero attached hydrogens (tertiary/aromatic N) is 4. The van der Waals surface area contributed by atoms with Crippen molar-refractivity contribution in [1.29, 1.82) is 0 Å². The molecule has 1 aromatic carbocycles. The summed E-state index contributed by atoms with van der Waals surface area (Å²) in [5, 5.41) is 9.75. The molecule has 0 spiro atoms. The summed E-state index contributed by atoms with van der Waals surface area (Å²) in [6.07, 6.45) is 0. The number of hydrogen-bond acceptors (Lipinski definition) is 7. The molecule has 0 atom stereocenters. The number of nitrogens with one attached hydrogen (secondary N) is 1. The summed E-state index contributed by atoms with van der Waals surface area (Å²) in [4.78, 5) is 21.7. The number of carbonyl (C=O) groups excluding carboxylic acids is 1. The van der Waals surface area contributed by atoms with Crippen LogP contribution in [0.4, 0.5) is 10.8 Å². The Bertz CT molecular complexity index is 1250. The fourth-order valence-electron chi connectivity index (χ4n) is 3.77. The van der Waals surface area contributed by atoms with Crippen LogP contribution < -0.4 is 10.2 Å². The molecule has 0 saturated carbocycles. The van der Waals surface area contributed by atoms with Gasteiger partial charge in [0.25, 0.3) is 5.91 Å². The van der Waals surface area contributed by atoms with E-state index in [0.717, 1.165) is 69.8 Å². The van der Waals surface area contributed by atoms with Gasteiger partial charge in [-0.25, -0.2) is 4.98 Å². The number of ether oxygens (including phenoxy) is 1. The lowest BCUT2D eigenvalue weighted by Crippen LogP contribution is -2.36. The van der Waals surface area contributed by atoms with E-state index >= 15 is 0 Å². The van der Waals surface area contributed by atoms with Gasteiger partial charge in [-0.2, -0.15) is 5.10 Å². The standard InChI is InChI=1S/C22H25N5O2S2/c1-13(2)12-27-21-16(14(3)25-27)11-19(30-21)20(28)23-15-4-5-17-18(10-15)31-22(24-17)26-6-8-29-9-7-26/h4-5,10-11,13H,6-9,12H2,1-3H3,(H,23,28). The Morgan fingerprint density at radius 1 is 1.23 bits per heavy atom. The summed E-state index contributed by atoms with van der Waals surface area (Å²) >= 11 is 3.16. The molecule has 9 heteroatoms. The maximum atomic E-state index is 13.0. The molecule has 0 bridgehead atoms. The first-order valence-electron chi connectivity index (χ1n) is 10.5. The number of benzene rings is 1. The molecule has 7 nitrogen and oxygen atoms in total. The zero-order valence-electron chi connectivity index (χ0n) is 17.8. The molecular weight excluding hydrogens is 430 g/mol. The molecule has 4 aromatic rings. The Kier molecular flexibility index (Phi) is 5.41. The van der Waals surface area contributed by atoms with Gasteiger partial charge in [0.15, 0.2) is 5.13 Å². The van der Waals surface area contributed by atoms with Crippen LogP contribution in [-0.2, 0) is 11.3 Å². The van der Waals surface area contributed by atoms with Crippen molar-refractivity contribution >= 4 is 59.8 Å². The first kappa shape index (κ1) is 20.4. The zero-order chi connectivity index (χ0) is 21.5. The first-order valence-corrected chi connectivity index (χ1v) is 12.1. The second-order valence-corrected chi connectivity index (χ2v) is 10.3. The van der Waals surface area contributed by atoms with Crippen LogP contribution >= 0.6 is 22.7 Å². The van der Waals surface area contributed by atoms with E-state index in [2.05, 4.69) is 29.2 Å². The van der Waals surface area contributed by atoms with E-state index in [9.17, 15) is 4.79 Å². The highest BCUT2D eigenvalue weighted by molar-refractivity contribution is 7.22. The molecular formula is C22H25N5O2S2. The van der Waals surface area contributed by atoms with Crippen LogP contribution in [0, 0.1) is 12.8 Å². The van der Waals surface area contributed by atoms with E-state index in [1.54, 1.807) is 11.3 Å². The molecule has 31 heavy (non-hydrogen) atoms. The fraction of sp³-hybridized carbons (Fsp3) is 0.409. The van der Waals surface area contributed by atoms with E-state index in [1.165, 1.54) is 11.3 Å². The van der Waals surface area contributed by atoms with Crippen LogP contribution in [0.3, 0.4) is 0 Å². The normalized spacial score (nSPS) is 14.8. The monoisotopic (exact) mass is 455 g/mol. The summed E-state index contributed by atoms with van der Waals surface area (Å²) in [6.45, 7) is 10.4. The molecule has 162 valence electrons. The Hall–Kier alpha value is -2.49. The molecule has 0 radical (unpaired) electrons. The van der Waals surface area contributed by atoms with Crippen LogP contribution in [0.1, 0.15) is 29.2 Å². The number of thiazole rings is 1. The van der Waals surface area contributed by atoms with Gasteiger partial charge < -0.3 is 15.0 Å². The van der Waals surface area contributed by atoms with Gasteiger partial charge in [-0.05, 0) is 37.1 Å². The van der Waals surface area contributed by atoms with Gasteiger partial charge in [0.1, 0.15) is 4.83 Å². The van der Waals surface area contributed by atoms with Crippen LogP contribution in [0.5, 0.6) is 0 Å². The molecule has 1 amide bonds. The van der Waals surface area contributed by atoms with Gasteiger partial charge in [0.2, 0.25) is 0 Å². The Morgan fingerprint density at radius 3 is 2.81 bits per heavy atom. The number of hydrogen-bond donors (Lipinski definition) is 1. The zero-order valence-corrected chi connectivity index (χ0v) is 19.5. The minimum Gasteiger partial charge on any atom is -0.378 e. The molecule has 4 heterocycles. The van der Waals surface area contributed by atoms with E-state index in [4.69, 9.17) is 9.72 Å². The fourth-order valence-corrected chi connectivity index (χ4v) is 5.89. The quantitative estimate of drug-likeness (QED) is 0.470. The minimum absolute atomic E-state index is 0.0889. The van der Waals surface area contributed by atoms with Crippen LogP contribution in [-0.4, -0.2) is 47.0 Å². The molecule has 1 N–H and O–H groups in total. The predicted octanol–water partition coefficient (Wildman–Crippen LogP) is 4.76. The number of fused-ring (bicyclic) bond motifs is 2. The van der Waals surface area contributed by atoms with Crippen molar-refractivity contribution in [3.63, 3.8) is 0 Å². The van der Waals surface area contributed by atoms with Crippen molar-refractivity contribution < 1.29 is 9.53 Å². The van der Waals surface area contributed by atoms with Gasteiger partial charge in [-0.3, -0.25) is 9.48 Å². The number of thiophene rings is 1. The smallest absolute Gasteiger partial charge is 0.265 e. The van der Waals surface area contributed by atoms with E-state index < -0.39 is 0 Å². The molecule has 1 aliphatic heterocycles. The number of amides is 1. The van der Waals surface area contributed by atoms with Crippen LogP contribution in [0.15, 0.2) is 24.3 Å². The Morgan fingerprint density at radius 2 is 2.03 bits per heavy atom. The van der Waals surface area contributed by atoms with Crippen molar-refractivity contribution in [2.45, 2.75) is 27.3 Å². The molecule has 1 aliphatic rings. The summed E-state index contributed by atoms with van der Waals surface area (Å²) in [5.41, 5.74) is 2.70. The minimum atomic E-state index is -0.0889. The number of morpholine rings is 1. The molecule has 0 aliphatic carbocycles. The van der Waals surface area contributed by atoms with E-state index in [1.807, 2.05) is 35.9 Å². The second-order valence-electron chi connectivity index (χ2n) is 8.22. The topological polar surface area (TPSA) is 72.3 Å². The average Bonchev–Trinajstić information content (AvgIpc) is 3.44. The molecule has 1 fully saturated rings. The highest BCUT2D eigenvalue weighted by Gasteiger charge is 2.18. The highest BCUT2D eigenvalue weighted by Crippen LogP contribution is 2.32. The second kappa shape index (κ2) is 8.22. The summed E-state index contributed by atoms with van der Waals surface area (Å²) in [5.74, 6) is 0.407.